The first-order chi connectivity index (χ1) is 8.29. The normalized spacial score (nSPS) is 11.5. The molecule has 0 spiro atoms. The van der Waals surface area contributed by atoms with Crippen LogP contribution >= 0.6 is 0 Å². The molecule has 17 heavy (non-hydrogen) atoms. The van der Waals surface area contributed by atoms with Crippen LogP contribution in [0.15, 0.2) is 48.8 Å². The minimum Gasteiger partial charge on any atom is -0.378 e. The standard InChI is InChI=1S/C15H14N2/c1-3-13-6-4-8-15(10-13)17-12(2)14-7-5-9-16-11-14/h1,4-12,17H,2H3. The molecule has 84 valence electrons. The van der Waals surface area contributed by atoms with E-state index in [1.54, 1.807) is 6.20 Å². The van der Waals surface area contributed by atoms with Gasteiger partial charge in [-0.05, 0) is 36.8 Å². The highest BCUT2D eigenvalue weighted by Gasteiger charge is 2.04. The molecule has 0 radical (unpaired) electrons. The van der Waals surface area contributed by atoms with Gasteiger partial charge in [0.1, 0.15) is 0 Å². The lowest BCUT2D eigenvalue weighted by Gasteiger charge is -2.15. The van der Waals surface area contributed by atoms with Crippen LogP contribution < -0.4 is 5.32 Å². The lowest BCUT2D eigenvalue weighted by Crippen LogP contribution is -2.06. The molecular formula is C15H14N2. The van der Waals surface area contributed by atoms with E-state index in [4.69, 9.17) is 6.42 Å². The fraction of sp³-hybridized carbons (Fsp3) is 0.133. The Morgan fingerprint density at radius 1 is 1.29 bits per heavy atom. The van der Waals surface area contributed by atoms with Crippen LogP contribution in [-0.2, 0) is 0 Å². The Labute approximate surface area is 102 Å². The number of terminal acetylenes is 1. The molecule has 1 aromatic carbocycles. The van der Waals surface area contributed by atoms with Crippen LogP contribution in [0.5, 0.6) is 0 Å². The molecule has 0 aliphatic carbocycles. The molecule has 1 heterocycles. The minimum atomic E-state index is 0.205. The van der Waals surface area contributed by atoms with Gasteiger partial charge in [-0.2, -0.15) is 0 Å². The van der Waals surface area contributed by atoms with E-state index in [0.29, 0.717) is 0 Å². The summed E-state index contributed by atoms with van der Waals surface area (Å²) in [6.07, 6.45) is 9.01. The number of anilines is 1. The summed E-state index contributed by atoms with van der Waals surface area (Å²) in [4.78, 5) is 4.11. The molecule has 0 aliphatic heterocycles. The maximum atomic E-state index is 5.37. The van der Waals surface area contributed by atoms with Crippen LogP contribution in [0.4, 0.5) is 5.69 Å². The summed E-state index contributed by atoms with van der Waals surface area (Å²) in [5.74, 6) is 2.63. The van der Waals surface area contributed by atoms with Crippen molar-refractivity contribution < 1.29 is 0 Å². The third kappa shape index (κ3) is 2.85. The van der Waals surface area contributed by atoms with Crippen molar-refractivity contribution in [1.82, 2.24) is 4.98 Å². The van der Waals surface area contributed by atoms with Gasteiger partial charge in [0.2, 0.25) is 0 Å². The maximum Gasteiger partial charge on any atom is 0.0500 e. The van der Waals surface area contributed by atoms with E-state index in [1.807, 2.05) is 36.5 Å². The molecule has 1 unspecified atom stereocenters. The highest BCUT2D eigenvalue weighted by molar-refractivity contribution is 5.51. The molecule has 2 rings (SSSR count). The molecule has 1 atom stereocenters. The van der Waals surface area contributed by atoms with Crippen molar-refractivity contribution in [2.75, 3.05) is 5.32 Å². The van der Waals surface area contributed by atoms with Gasteiger partial charge in [0.25, 0.3) is 0 Å². The minimum absolute atomic E-state index is 0.205. The van der Waals surface area contributed by atoms with E-state index in [0.717, 1.165) is 16.8 Å². The smallest absolute Gasteiger partial charge is 0.0500 e. The number of aromatic nitrogens is 1. The molecular weight excluding hydrogens is 208 g/mol. The molecule has 1 aromatic heterocycles. The van der Waals surface area contributed by atoms with Gasteiger partial charge in [-0.1, -0.05) is 18.1 Å². The monoisotopic (exact) mass is 222 g/mol. The number of nitrogens with zero attached hydrogens (tertiary/aromatic N) is 1. The second-order valence-electron chi connectivity index (χ2n) is 3.88. The second kappa shape index (κ2) is 5.18. The first-order valence-electron chi connectivity index (χ1n) is 5.53. The summed E-state index contributed by atoms with van der Waals surface area (Å²) in [7, 11) is 0. The summed E-state index contributed by atoms with van der Waals surface area (Å²) in [5.41, 5.74) is 3.06. The van der Waals surface area contributed by atoms with Gasteiger partial charge in [0, 0.05) is 23.6 Å². The SMILES string of the molecule is C#Cc1cccc(NC(C)c2cccnc2)c1. The number of benzene rings is 1. The number of rotatable bonds is 3. The molecule has 2 heteroatoms. The molecule has 0 aliphatic rings. The average Bonchev–Trinajstić information content (AvgIpc) is 2.40. The van der Waals surface area contributed by atoms with Crippen LogP contribution in [0.2, 0.25) is 0 Å². The summed E-state index contributed by atoms with van der Waals surface area (Å²) in [6.45, 7) is 2.10. The van der Waals surface area contributed by atoms with Crippen molar-refractivity contribution in [3.63, 3.8) is 0 Å². The number of nitrogens with one attached hydrogen (secondary N) is 1. The van der Waals surface area contributed by atoms with E-state index in [9.17, 15) is 0 Å². The van der Waals surface area contributed by atoms with Gasteiger partial charge in [0.05, 0.1) is 6.04 Å². The molecule has 2 aromatic rings. The third-order valence-electron chi connectivity index (χ3n) is 2.60. The predicted octanol–water partition coefficient (Wildman–Crippen LogP) is 3.24. The third-order valence-corrected chi connectivity index (χ3v) is 2.60. The zero-order valence-electron chi connectivity index (χ0n) is 9.72. The van der Waals surface area contributed by atoms with Crippen LogP contribution in [-0.4, -0.2) is 4.98 Å². The van der Waals surface area contributed by atoms with Crippen molar-refractivity contribution in [2.45, 2.75) is 13.0 Å². The van der Waals surface area contributed by atoms with E-state index >= 15 is 0 Å². The number of hydrogen-bond donors (Lipinski definition) is 1. The maximum absolute atomic E-state index is 5.37. The highest BCUT2D eigenvalue weighted by Crippen LogP contribution is 2.18. The van der Waals surface area contributed by atoms with Crippen molar-refractivity contribution in [1.29, 1.82) is 0 Å². The Kier molecular flexibility index (Phi) is 3.42. The van der Waals surface area contributed by atoms with Gasteiger partial charge in [0.15, 0.2) is 0 Å². The fourth-order valence-electron chi connectivity index (χ4n) is 1.66. The van der Waals surface area contributed by atoms with Crippen molar-refractivity contribution in [2.24, 2.45) is 0 Å². The lowest BCUT2D eigenvalue weighted by molar-refractivity contribution is 0.875. The molecule has 0 saturated carbocycles. The van der Waals surface area contributed by atoms with Crippen LogP contribution in [0, 0.1) is 12.3 Å². The Hall–Kier alpha value is -2.27. The van der Waals surface area contributed by atoms with E-state index in [2.05, 4.69) is 29.2 Å². The van der Waals surface area contributed by atoms with Gasteiger partial charge in [-0.15, -0.1) is 6.42 Å². The molecule has 0 bridgehead atoms. The highest BCUT2D eigenvalue weighted by atomic mass is 14.9. The fourth-order valence-corrected chi connectivity index (χ4v) is 1.66. The molecule has 0 saturated heterocycles. The Bertz CT molecular complexity index is 526. The Balaban J connectivity index is 2.13. The van der Waals surface area contributed by atoms with Crippen molar-refractivity contribution in [3.8, 4) is 12.3 Å². The van der Waals surface area contributed by atoms with E-state index in [-0.39, 0.29) is 6.04 Å². The number of hydrogen-bond acceptors (Lipinski definition) is 2. The Morgan fingerprint density at radius 3 is 2.88 bits per heavy atom. The topological polar surface area (TPSA) is 24.9 Å². The van der Waals surface area contributed by atoms with Gasteiger partial charge in [-0.3, -0.25) is 4.98 Å². The number of pyridine rings is 1. The van der Waals surface area contributed by atoms with Gasteiger partial charge in [-0.25, -0.2) is 0 Å². The van der Waals surface area contributed by atoms with Gasteiger partial charge < -0.3 is 5.32 Å². The lowest BCUT2D eigenvalue weighted by atomic mass is 10.1. The first kappa shape index (κ1) is 11.2. The largest absolute Gasteiger partial charge is 0.378 e. The zero-order valence-corrected chi connectivity index (χ0v) is 9.72. The summed E-state index contributed by atoms with van der Waals surface area (Å²) < 4.78 is 0. The molecule has 1 N–H and O–H groups in total. The van der Waals surface area contributed by atoms with Crippen molar-refractivity contribution in [3.05, 3.63) is 59.9 Å². The van der Waals surface area contributed by atoms with Crippen LogP contribution in [0.25, 0.3) is 0 Å². The molecule has 2 nitrogen and oxygen atoms in total. The van der Waals surface area contributed by atoms with Crippen LogP contribution in [0.3, 0.4) is 0 Å². The first-order valence-corrected chi connectivity index (χ1v) is 5.53. The Morgan fingerprint density at radius 2 is 2.18 bits per heavy atom. The van der Waals surface area contributed by atoms with Crippen molar-refractivity contribution >= 4 is 5.69 Å². The molecule has 0 fully saturated rings. The van der Waals surface area contributed by atoms with Gasteiger partial charge >= 0.3 is 0 Å². The summed E-state index contributed by atoms with van der Waals surface area (Å²) in [5, 5.41) is 3.40. The summed E-state index contributed by atoms with van der Waals surface area (Å²) in [6, 6.07) is 12.0. The average molecular weight is 222 g/mol. The second-order valence-corrected chi connectivity index (χ2v) is 3.88. The van der Waals surface area contributed by atoms with Crippen LogP contribution in [0.1, 0.15) is 24.1 Å². The summed E-state index contributed by atoms with van der Waals surface area (Å²) >= 11 is 0. The predicted molar refractivity (Wildman–Crippen MR) is 70.7 cm³/mol. The van der Waals surface area contributed by atoms with E-state index in [1.165, 1.54) is 0 Å². The zero-order chi connectivity index (χ0) is 12.1. The molecule has 0 amide bonds. The quantitative estimate of drug-likeness (QED) is 0.806. The van der Waals surface area contributed by atoms with E-state index < -0.39 is 0 Å².